The molecule has 1 unspecified atom stereocenters. The second-order valence-electron chi connectivity index (χ2n) is 6.62. The summed E-state index contributed by atoms with van der Waals surface area (Å²) in [6, 6.07) is 17.2. The third kappa shape index (κ3) is 3.28. The Morgan fingerprint density at radius 3 is 2.74 bits per heavy atom. The Hall–Kier alpha value is -2.86. The lowest BCUT2D eigenvalue weighted by Gasteiger charge is -2.22. The van der Waals surface area contributed by atoms with Gasteiger partial charge in [0.15, 0.2) is 0 Å². The Morgan fingerprint density at radius 1 is 1.19 bits per heavy atom. The molecule has 1 aromatic heterocycles. The van der Waals surface area contributed by atoms with E-state index in [0.717, 1.165) is 17.5 Å². The molecule has 4 rings (SSSR count). The van der Waals surface area contributed by atoms with Gasteiger partial charge in [0.2, 0.25) is 11.8 Å². The van der Waals surface area contributed by atoms with E-state index in [1.165, 1.54) is 17.3 Å². The molecule has 1 aliphatic heterocycles. The number of fused-ring (bicyclic) bond motifs is 2. The molecule has 136 valence electrons. The number of pyridine rings is 1. The maximum atomic E-state index is 12.9. The van der Waals surface area contributed by atoms with Gasteiger partial charge in [-0.3, -0.25) is 9.59 Å². The minimum absolute atomic E-state index is 0.0352. The number of rotatable bonds is 4. The largest absolute Gasteiger partial charge is 0.366 e. The number of thioether (sulfide) groups is 1. The van der Waals surface area contributed by atoms with Gasteiger partial charge in [-0.2, -0.15) is 0 Å². The fourth-order valence-electron chi connectivity index (χ4n) is 3.58. The average molecular weight is 377 g/mol. The standard InChI is InChI=1S/C21H19N3O2S/c1-13-10-14-6-2-5-9-18(14)24(13)20(25)12-27-19-11-16(21(22)26)15-7-3-4-8-17(15)23-19/h2-9,11,13H,10,12H2,1H3,(H2,22,26). The van der Waals surface area contributed by atoms with Gasteiger partial charge in [-0.1, -0.05) is 48.2 Å². The number of hydrogen-bond donors (Lipinski definition) is 1. The quantitative estimate of drug-likeness (QED) is 0.707. The zero-order valence-electron chi connectivity index (χ0n) is 14.9. The van der Waals surface area contributed by atoms with Gasteiger partial charge >= 0.3 is 0 Å². The van der Waals surface area contributed by atoms with E-state index in [0.29, 0.717) is 16.1 Å². The fourth-order valence-corrected chi connectivity index (χ4v) is 4.35. The van der Waals surface area contributed by atoms with E-state index in [1.54, 1.807) is 6.07 Å². The Morgan fingerprint density at radius 2 is 1.93 bits per heavy atom. The van der Waals surface area contributed by atoms with Crippen LogP contribution in [0.3, 0.4) is 0 Å². The van der Waals surface area contributed by atoms with Gasteiger partial charge in [0.1, 0.15) is 0 Å². The number of para-hydroxylation sites is 2. The molecule has 0 bridgehead atoms. The van der Waals surface area contributed by atoms with Gasteiger partial charge in [0, 0.05) is 17.1 Å². The van der Waals surface area contributed by atoms with Gasteiger partial charge in [-0.05, 0) is 37.1 Å². The molecule has 0 saturated carbocycles. The summed E-state index contributed by atoms with van der Waals surface area (Å²) in [6.45, 7) is 2.06. The fraction of sp³-hybridized carbons (Fsp3) is 0.190. The van der Waals surface area contributed by atoms with E-state index in [9.17, 15) is 9.59 Å². The van der Waals surface area contributed by atoms with Crippen LogP contribution in [0.1, 0.15) is 22.8 Å². The van der Waals surface area contributed by atoms with E-state index in [1.807, 2.05) is 47.4 Å². The molecule has 2 aromatic carbocycles. The Kier molecular flexibility index (Phi) is 4.58. The highest BCUT2D eigenvalue weighted by Crippen LogP contribution is 2.33. The van der Waals surface area contributed by atoms with Crippen molar-refractivity contribution >= 4 is 40.2 Å². The summed E-state index contributed by atoms with van der Waals surface area (Å²) in [7, 11) is 0. The Balaban J connectivity index is 1.57. The number of hydrogen-bond acceptors (Lipinski definition) is 4. The second kappa shape index (κ2) is 7.04. The lowest BCUT2D eigenvalue weighted by molar-refractivity contribution is -0.116. The second-order valence-corrected chi connectivity index (χ2v) is 7.62. The molecule has 0 saturated heterocycles. The van der Waals surface area contributed by atoms with E-state index in [-0.39, 0.29) is 17.7 Å². The van der Waals surface area contributed by atoms with Crippen molar-refractivity contribution in [3.63, 3.8) is 0 Å². The van der Waals surface area contributed by atoms with Crippen LogP contribution in [0.5, 0.6) is 0 Å². The summed E-state index contributed by atoms with van der Waals surface area (Å²) in [5.74, 6) is -0.209. The first-order valence-electron chi connectivity index (χ1n) is 8.77. The molecule has 0 spiro atoms. The Bertz CT molecular complexity index is 1050. The lowest BCUT2D eigenvalue weighted by atomic mass is 10.1. The minimum Gasteiger partial charge on any atom is -0.366 e. The first kappa shape index (κ1) is 17.5. The lowest BCUT2D eigenvalue weighted by Crippen LogP contribution is -2.37. The number of carbonyl (C=O) groups excluding carboxylic acids is 2. The SMILES string of the molecule is CC1Cc2ccccc2N1C(=O)CSc1cc(C(N)=O)c2ccccc2n1. The summed E-state index contributed by atoms with van der Waals surface area (Å²) < 4.78 is 0. The normalized spacial score (nSPS) is 15.7. The van der Waals surface area contributed by atoms with Crippen LogP contribution in [0.2, 0.25) is 0 Å². The number of primary amides is 1. The molecular weight excluding hydrogens is 358 g/mol. The zero-order valence-corrected chi connectivity index (χ0v) is 15.7. The number of nitrogens with two attached hydrogens (primary N) is 1. The van der Waals surface area contributed by atoms with Crippen molar-refractivity contribution in [2.75, 3.05) is 10.7 Å². The predicted molar refractivity (Wildman–Crippen MR) is 108 cm³/mol. The third-order valence-electron chi connectivity index (χ3n) is 4.78. The van der Waals surface area contributed by atoms with Crippen molar-refractivity contribution in [1.82, 2.24) is 4.98 Å². The van der Waals surface area contributed by atoms with Crippen molar-refractivity contribution in [3.05, 3.63) is 65.7 Å². The highest BCUT2D eigenvalue weighted by Gasteiger charge is 2.30. The van der Waals surface area contributed by atoms with E-state index in [2.05, 4.69) is 18.0 Å². The topological polar surface area (TPSA) is 76.3 Å². The number of amides is 2. The van der Waals surface area contributed by atoms with Crippen LogP contribution >= 0.6 is 11.8 Å². The average Bonchev–Trinajstić information content (AvgIpc) is 3.01. The minimum atomic E-state index is -0.496. The predicted octanol–water partition coefficient (Wildman–Crippen LogP) is 3.40. The van der Waals surface area contributed by atoms with Crippen LogP contribution < -0.4 is 10.6 Å². The molecule has 27 heavy (non-hydrogen) atoms. The van der Waals surface area contributed by atoms with E-state index in [4.69, 9.17) is 5.73 Å². The molecule has 0 aliphatic carbocycles. The smallest absolute Gasteiger partial charge is 0.249 e. The maximum Gasteiger partial charge on any atom is 0.249 e. The molecule has 2 amide bonds. The van der Waals surface area contributed by atoms with Gasteiger partial charge in [-0.15, -0.1) is 0 Å². The van der Waals surface area contributed by atoms with Crippen LogP contribution in [-0.4, -0.2) is 28.6 Å². The number of aromatic nitrogens is 1. The van der Waals surface area contributed by atoms with Gasteiger partial charge in [-0.25, -0.2) is 4.98 Å². The van der Waals surface area contributed by atoms with Crippen LogP contribution in [-0.2, 0) is 11.2 Å². The maximum absolute atomic E-state index is 12.9. The van der Waals surface area contributed by atoms with Crippen LogP contribution in [0.15, 0.2) is 59.6 Å². The number of carbonyl (C=O) groups is 2. The monoisotopic (exact) mass is 377 g/mol. The molecule has 1 aliphatic rings. The van der Waals surface area contributed by atoms with Crippen LogP contribution in [0.4, 0.5) is 5.69 Å². The molecule has 0 fully saturated rings. The molecule has 5 nitrogen and oxygen atoms in total. The number of anilines is 1. The van der Waals surface area contributed by atoms with Crippen molar-refractivity contribution in [1.29, 1.82) is 0 Å². The molecule has 1 atom stereocenters. The van der Waals surface area contributed by atoms with E-state index >= 15 is 0 Å². The van der Waals surface area contributed by atoms with Crippen LogP contribution in [0.25, 0.3) is 10.9 Å². The highest BCUT2D eigenvalue weighted by atomic mass is 32.2. The number of benzene rings is 2. The highest BCUT2D eigenvalue weighted by molar-refractivity contribution is 7.99. The molecule has 6 heteroatoms. The molecular formula is C21H19N3O2S. The van der Waals surface area contributed by atoms with Crippen molar-refractivity contribution in [2.24, 2.45) is 5.73 Å². The third-order valence-corrected chi connectivity index (χ3v) is 5.67. The zero-order chi connectivity index (χ0) is 19.0. The van der Waals surface area contributed by atoms with Gasteiger partial charge in [0.05, 0.1) is 21.9 Å². The summed E-state index contributed by atoms with van der Waals surface area (Å²) in [4.78, 5) is 31.1. The molecule has 0 radical (unpaired) electrons. The number of nitrogens with zero attached hydrogens (tertiary/aromatic N) is 2. The van der Waals surface area contributed by atoms with Crippen molar-refractivity contribution in [2.45, 2.75) is 24.4 Å². The summed E-state index contributed by atoms with van der Waals surface area (Å²) in [6.07, 6.45) is 0.868. The molecule has 3 aromatic rings. The van der Waals surface area contributed by atoms with Crippen molar-refractivity contribution in [3.8, 4) is 0 Å². The van der Waals surface area contributed by atoms with Crippen molar-refractivity contribution < 1.29 is 9.59 Å². The Labute approximate surface area is 161 Å². The first-order valence-corrected chi connectivity index (χ1v) is 9.75. The summed E-state index contributed by atoms with van der Waals surface area (Å²) in [5, 5.41) is 1.35. The molecule has 2 heterocycles. The summed E-state index contributed by atoms with van der Waals surface area (Å²) in [5.41, 5.74) is 8.83. The van der Waals surface area contributed by atoms with Crippen LogP contribution in [0, 0.1) is 0 Å². The molecule has 2 N–H and O–H groups in total. The van der Waals surface area contributed by atoms with Gasteiger partial charge < -0.3 is 10.6 Å². The van der Waals surface area contributed by atoms with Gasteiger partial charge in [0.25, 0.3) is 0 Å². The van der Waals surface area contributed by atoms with E-state index < -0.39 is 5.91 Å². The summed E-state index contributed by atoms with van der Waals surface area (Å²) >= 11 is 1.33. The first-order chi connectivity index (χ1) is 13.0.